The lowest BCUT2D eigenvalue weighted by molar-refractivity contribution is 0.100. The highest BCUT2D eigenvalue weighted by atomic mass is 35.5. The molecule has 3 nitrogen and oxygen atoms in total. The van der Waals surface area contributed by atoms with Crippen LogP contribution in [0.2, 0.25) is 5.02 Å². The fourth-order valence-electron chi connectivity index (χ4n) is 3.01. The molecule has 1 N–H and O–H groups in total. The number of fused-ring (bicyclic) bond motifs is 1. The first-order chi connectivity index (χ1) is 11.4. The molecular formula is C19H17ClFNO2. The zero-order valence-corrected chi connectivity index (χ0v) is 14.1. The van der Waals surface area contributed by atoms with Gasteiger partial charge < -0.3 is 9.67 Å². The van der Waals surface area contributed by atoms with Gasteiger partial charge in [-0.2, -0.15) is 0 Å². The molecule has 0 spiro atoms. The maximum Gasteiger partial charge on any atom is 0.195 e. The van der Waals surface area contributed by atoms with E-state index in [4.69, 9.17) is 11.6 Å². The number of benzene rings is 2. The molecule has 1 aromatic heterocycles. The molecule has 3 rings (SSSR count). The first-order valence-electron chi connectivity index (χ1n) is 7.72. The molecule has 1 unspecified atom stereocenters. The largest absolute Gasteiger partial charge is 0.373 e. The number of hydrogen-bond donors (Lipinski definition) is 1. The third-order valence-corrected chi connectivity index (χ3v) is 4.44. The van der Waals surface area contributed by atoms with Crippen molar-refractivity contribution in [3.05, 3.63) is 70.1 Å². The minimum absolute atomic E-state index is 0.221. The number of halogens is 2. The van der Waals surface area contributed by atoms with E-state index in [0.29, 0.717) is 33.7 Å². The number of aliphatic hydroxyl groups excluding tert-OH is 1. The number of ketones is 1. The van der Waals surface area contributed by atoms with Crippen molar-refractivity contribution in [3.8, 4) is 0 Å². The lowest BCUT2D eigenvalue weighted by Crippen LogP contribution is -2.10. The molecule has 0 aliphatic rings. The van der Waals surface area contributed by atoms with Crippen LogP contribution in [-0.4, -0.2) is 15.5 Å². The predicted molar refractivity (Wildman–Crippen MR) is 93.1 cm³/mol. The number of hydrogen-bond acceptors (Lipinski definition) is 2. The van der Waals surface area contributed by atoms with E-state index in [1.165, 1.54) is 24.3 Å². The van der Waals surface area contributed by atoms with Crippen LogP contribution < -0.4 is 0 Å². The van der Waals surface area contributed by atoms with Gasteiger partial charge in [0, 0.05) is 21.7 Å². The molecule has 3 aromatic rings. The summed E-state index contributed by atoms with van der Waals surface area (Å²) in [5, 5.41) is 11.5. The van der Waals surface area contributed by atoms with E-state index in [1.54, 1.807) is 29.7 Å². The Hall–Kier alpha value is -2.17. The van der Waals surface area contributed by atoms with Gasteiger partial charge in [-0.3, -0.25) is 4.79 Å². The monoisotopic (exact) mass is 345 g/mol. The average Bonchev–Trinajstić information content (AvgIpc) is 2.85. The molecule has 0 saturated carbocycles. The number of aromatic nitrogens is 1. The zero-order valence-electron chi connectivity index (χ0n) is 13.4. The first-order valence-corrected chi connectivity index (χ1v) is 8.10. The van der Waals surface area contributed by atoms with Crippen molar-refractivity contribution in [2.24, 2.45) is 0 Å². The van der Waals surface area contributed by atoms with Gasteiger partial charge in [0.1, 0.15) is 12.0 Å². The summed E-state index contributed by atoms with van der Waals surface area (Å²) in [6.07, 6.45) is -0.222. The molecule has 0 fully saturated rings. The van der Waals surface area contributed by atoms with Crippen molar-refractivity contribution in [1.82, 2.24) is 4.57 Å². The molecule has 0 saturated heterocycles. The third kappa shape index (κ3) is 2.72. The SMILES string of the molecule is CCC(O)n1c(C)c(C(=O)c2ccc(F)cc2)c2cc(Cl)ccc21. The molecule has 0 aliphatic carbocycles. The van der Waals surface area contributed by atoms with Gasteiger partial charge in [-0.25, -0.2) is 4.39 Å². The zero-order chi connectivity index (χ0) is 17.4. The molecular weight excluding hydrogens is 329 g/mol. The molecule has 0 amide bonds. The second-order valence-electron chi connectivity index (χ2n) is 5.72. The number of rotatable bonds is 4. The molecule has 2 aromatic carbocycles. The molecule has 24 heavy (non-hydrogen) atoms. The number of aliphatic hydroxyl groups is 1. The Kier molecular flexibility index (Phi) is 4.43. The quantitative estimate of drug-likeness (QED) is 0.685. The van der Waals surface area contributed by atoms with Crippen molar-refractivity contribution < 1.29 is 14.3 Å². The molecule has 1 atom stereocenters. The summed E-state index contributed by atoms with van der Waals surface area (Å²) in [6.45, 7) is 3.66. The van der Waals surface area contributed by atoms with E-state index >= 15 is 0 Å². The standard InChI is InChI=1S/C19H17ClFNO2/c1-3-17(23)22-11(2)18(15-10-13(20)6-9-16(15)22)19(24)12-4-7-14(21)8-5-12/h4-10,17,23H,3H2,1-2H3. The van der Waals surface area contributed by atoms with E-state index in [1.807, 2.05) is 6.92 Å². The molecule has 5 heteroatoms. The molecule has 0 radical (unpaired) electrons. The van der Waals surface area contributed by atoms with E-state index in [2.05, 4.69) is 0 Å². The van der Waals surface area contributed by atoms with Crippen LogP contribution in [0.15, 0.2) is 42.5 Å². The second-order valence-corrected chi connectivity index (χ2v) is 6.15. The van der Waals surface area contributed by atoms with Gasteiger partial charge in [0.15, 0.2) is 5.78 Å². The summed E-state index contributed by atoms with van der Waals surface area (Å²) in [5.74, 6) is -0.614. The molecule has 1 heterocycles. The van der Waals surface area contributed by atoms with E-state index in [9.17, 15) is 14.3 Å². The van der Waals surface area contributed by atoms with Crippen LogP contribution in [0.4, 0.5) is 4.39 Å². The maximum absolute atomic E-state index is 13.1. The Morgan fingerprint density at radius 1 is 1.25 bits per heavy atom. The number of nitrogens with zero attached hydrogens (tertiary/aromatic N) is 1. The fraction of sp³-hybridized carbons (Fsp3) is 0.211. The van der Waals surface area contributed by atoms with E-state index in [0.717, 1.165) is 5.52 Å². The number of carbonyl (C=O) groups excluding carboxylic acids is 1. The van der Waals surface area contributed by atoms with Gasteiger partial charge in [0.05, 0.1) is 11.1 Å². The van der Waals surface area contributed by atoms with Crippen LogP contribution in [0.5, 0.6) is 0 Å². The summed E-state index contributed by atoms with van der Waals surface area (Å²) in [4.78, 5) is 13.0. The van der Waals surface area contributed by atoms with Gasteiger partial charge in [-0.05, 0) is 55.8 Å². The Labute approximate surface area is 144 Å². The summed E-state index contributed by atoms with van der Waals surface area (Å²) < 4.78 is 14.9. The highest BCUT2D eigenvalue weighted by molar-refractivity contribution is 6.31. The minimum Gasteiger partial charge on any atom is -0.373 e. The third-order valence-electron chi connectivity index (χ3n) is 4.21. The summed E-state index contributed by atoms with van der Waals surface area (Å²) in [7, 11) is 0. The van der Waals surface area contributed by atoms with Crippen molar-refractivity contribution in [3.63, 3.8) is 0 Å². The van der Waals surface area contributed by atoms with Crippen LogP contribution in [0.1, 0.15) is 41.2 Å². The highest BCUT2D eigenvalue weighted by Gasteiger charge is 2.23. The van der Waals surface area contributed by atoms with Crippen molar-refractivity contribution >= 4 is 28.3 Å². The van der Waals surface area contributed by atoms with Crippen LogP contribution in [-0.2, 0) is 0 Å². The topological polar surface area (TPSA) is 42.2 Å². The van der Waals surface area contributed by atoms with Crippen LogP contribution in [0.3, 0.4) is 0 Å². The first kappa shape index (κ1) is 16.7. The molecule has 0 aliphatic heterocycles. The highest BCUT2D eigenvalue weighted by Crippen LogP contribution is 2.33. The molecule has 124 valence electrons. The van der Waals surface area contributed by atoms with Gasteiger partial charge in [-0.1, -0.05) is 18.5 Å². The van der Waals surface area contributed by atoms with Crippen molar-refractivity contribution in [2.45, 2.75) is 26.5 Å². The van der Waals surface area contributed by atoms with E-state index < -0.39 is 12.0 Å². The van der Waals surface area contributed by atoms with Crippen molar-refractivity contribution in [2.75, 3.05) is 0 Å². The summed E-state index contributed by atoms with van der Waals surface area (Å²) >= 11 is 6.10. The normalized spacial score (nSPS) is 12.5. The molecule has 0 bridgehead atoms. The summed E-state index contributed by atoms with van der Waals surface area (Å²) in [6, 6.07) is 10.7. The van der Waals surface area contributed by atoms with Gasteiger partial charge in [0.2, 0.25) is 0 Å². The van der Waals surface area contributed by atoms with Crippen LogP contribution in [0, 0.1) is 12.7 Å². The Morgan fingerprint density at radius 3 is 2.54 bits per heavy atom. The Morgan fingerprint density at radius 2 is 1.92 bits per heavy atom. The van der Waals surface area contributed by atoms with Gasteiger partial charge in [-0.15, -0.1) is 0 Å². The Bertz CT molecular complexity index is 915. The number of carbonyl (C=O) groups is 1. The van der Waals surface area contributed by atoms with E-state index in [-0.39, 0.29) is 5.78 Å². The summed E-state index contributed by atoms with van der Waals surface area (Å²) in [5.41, 5.74) is 2.28. The smallest absolute Gasteiger partial charge is 0.195 e. The maximum atomic E-state index is 13.1. The Balaban J connectivity index is 2.27. The minimum atomic E-state index is -0.733. The predicted octanol–water partition coefficient (Wildman–Crippen LogP) is 4.87. The van der Waals surface area contributed by atoms with Gasteiger partial charge in [0.25, 0.3) is 0 Å². The lowest BCUT2D eigenvalue weighted by Gasteiger charge is -2.14. The van der Waals surface area contributed by atoms with Crippen LogP contribution >= 0.6 is 11.6 Å². The second kappa shape index (κ2) is 6.38. The van der Waals surface area contributed by atoms with Gasteiger partial charge >= 0.3 is 0 Å². The lowest BCUT2D eigenvalue weighted by atomic mass is 10.0. The fourth-order valence-corrected chi connectivity index (χ4v) is 3.19. The average molecular weight is 346 g/mol. The van der Waals surface area contributed by atoms with Crippen molar-refractivity contribution in [1.29, 1.82) is 0 Å². The van der Waals surface area contributed by atoms with Crippen LogP contribution in [0.25, 0.3) is 10.9 Å².